The van der Waals surface area contributed by atoms with Crippen LogP contribution in [0.1, 0.15) is 37.4 Å². The first-order valence-electron chi connectivity index (χ1n) is 6.34. The van der Waals surface area contributed by atoms with Crippen molar-refractivity contribution in [3.8, 4) is 0 Å². The summed E-state index contributed by atoms with van der Waals surface area (Å²) in [7, 11) is 0. The van der Waals surface area contributed by atoms with Gasteiger partial charge in [-0.3, -0.25) is 4.79 Å². The monoisotopic (exact) mass is 229 g/mol. The third-order valence-electron chi connectivity index (χ3n) is 3.28. The van der Waals surface area contributed by atoms with Crippen molar-refractivity contribution in [1.29, 1.82) is 0 Å². The van der Waals surface area contributed by atoms with Crippen LogP contribution in [0.15, 0.2) is 29.1 Å². The number of hydrogen-bond donors (Lipinski definition) is 1. The maximum Gasteiger partial charge on any atom is 0.192 e. The summed E-state index contributed by atoms with van der Waals surface area (Å²) in [5, 5.41) is 0.796. The van der Waals surface area contributed by atoms with Crippen LogP contribution in [-0.4, -0.2) is 4.98 Å². The van der Waals surface area contributed by atoms with E-state index in [1.54, 1.807) is 0 Å². The Bertz CT molecular complexity index is 569. The molecule has 0 radical (unpaired) electrons. The highest BCUT2D eigenvalue weighted by Gasteiger charge is 2.06. The van der Waals surface area contributed by atoms with Crippen LogP contribution in [0.3, 0.4) is 0 Å². The third kappa shape index (κ3) is 2.41. The first-order valence-corrected chi connectivity index (χ1v) is 6.34. The number of para-hydroxylation sites is 1. The van der Waals surface area contributed by atoms with E-state index in [0.29, 0.717) is 0 Å². The molecule has 0 bridgehead atoms. The van der Waals surface area contributed by atoms with Gasteiger partial charge in [0.15, 0.2) is 5.43 Å². The van der Waals surface area contributed by atoms with E-state index in [1.165, 1.54) is 12.8 Å². The van der Waals surface area contributed by atoms with Crippen molar-refractivity contribution in [2.45, 2.75) is 39.5 Å². The van der Waals surface area contributed by atoms with Crippen molar-refractivity contribution in [2.24, 2.45) is 0 Å². The van der Waals surface area contributed by atoms with Crippen LogP contribution in [0.4, 0.5) is 0 Å². The fourth-order valence-electron chi connectivity index (χ4n) is 2.19. The van der Waals surface area contributed by atoms with Gasteiger partial charge in [-0.1, -0.05) is 31.9 Å². The van der Waals surface area contributed by atoms with Crippen LogP contribution in [0, 0.1) is 6.92 Å². The smallest absolute Gasteiger partial charge is 0.192 e. The summed E-state index contributed by atoms with van der Waals surface area (Å²) in [5.41, 5.74) is 3.10. The van der Waals surface area contributed by atoms with Crippen LogP contribution in [0.5, 0.6) is 0 Å². The lowest BCUT2D eigenvalue weighted by Crippen LogP contribution is -2.11. The second-order valence-corrected chi connectivity index (χ2v) is 4.56. The third-order valence-corrected chi connectivity index (χ3v) is 3.28. The molecule has 1 N–H and O–H groups in total. The molecule has 2 aromatic rings. The second-order valence-electron chi connectivity index (χ2n) is 4.56. The van der Waals surface area contributed by atoms with Gasteiger partial charge < -0.3 is 4.98 Å². The largest absolute Gasteiger partial charge is 0.358 e. The minimum Gasteiger partial charge on any atom is -0.358 e. The van der Waals surface area contributed by atoms with Gasteiger partial charge in [0.2, 0.25) is 0 Å². The zero-order valence-electron chi connectivity index (χ0n) is 10.5. The lowest BCUT2D eigenvalue weighted by atomic mass is 10.0. The maximum absolute atomic E-state index is 12.2. The predicted molar refractivity (Wildman–Crippen MR) is 72.5 cm³/mol. The number of rotatable bonds is 4. The van der Waals surface area contributed by atoms with E-state index in [-0.39, 0.29) is 5.43 Å². The standard InChI is InChI=1S/C15H19NO/c1-3-4-5-9-13-11(2)15(17)12-8-6-7-10-14(12)16-13/h6-8,10H,3-5,9H2,1-2H3,(H,16,17). The average Bonchev–Trinajstić information content (AvgIpc) is 2.35. The van der Waals surface area contributed by atoms with Gasteiger partial charge in [-0.2, -0.15) is 0 Å². The summed E-state index contributed by atoms with van der Waals surface area (Å²) in [6.45, 7) is 4.11. The van der Waals surface area contributed by atoms with Gasteiger partial charge in [-0.15, -0.1) is 0 Å². The number of pyridine rings is 1. The fourth-order valence-corrected chi connectivity index (χ4v) is 2.19. The van der Waals surface area contributed by atoms with E-state index in [2.05, 4.69) is 11.9 Å². The van der Waals surface area contributed by atoms with Gasteiger partial charge in [0.05, 0.1) is 0 Å². The molecule has 0 saturated heterocycles. The summed E-state index contributed by atoms with van der Waals surface area (Å²) in [4.78, 5) is 15.6. The zero-order chi connectivity index (χ0) is 12.3. The van der Waals surface area contributed by atoms with Gasteiger partial charge >= 0.3 is 0 Å². The minimum absolute atomic E-state index is 0.172. The normalized spacial score (nSPS) is 10.9. The predicted octanol–water partition coefficient (Wildman–Crippen LogP) is 3.57. The second kappa shape index (κ2) is 5.17. The Morgan fingerprint density at radius 1 is 1.18 bits per heavy atom. The first kappa shape index (κ1) is 11.9. The molecule has 1 aromatic carbocycles. The molecule has 0 aliphatic carbocycles. The zero-order valence-corrected chi connectivity index (χ0v) is 10.5. The number of unbranched alkanes of at least 4 members (excludes halogenated alkanes) is 2. The maximum atomic E-state index is 12.2. The number of nitrogens with one attached hydrogen (secondary N) is 1. The number of benzene rings is 1. The molecule has 0 amide bonds. The Kier molecular flexibility index (Phi) is 3.62. The van der Waals surface area contributed by atoms with Gasteiger partial charge in [-0.05, 0) is 31.9 Å². The number of H-pyrrole nitrogens is 1. The van der Waals surface area contributed by atoms with Gasteiger partial charge in [0, 0.05) is 22.2 Å². The average molecular weight is 229 g/mol. The Balaban J connectivity index is 2.43. The summed E-state index contributed by atoms with van der Waals surface area (Å²) in [6, 6.07) is 7.73. The number of aromatic amines is 1. The molecule has 0 fully saturated rings. The molecule has 0 atom stereocenters. The van der Waals surface area contributed by atoms with Crippen LogP contribution in [-0.2, 0) is 6.42 Å². The molecule has 2 nitrogen and oxygen atoms in total. The van der Waals surface area contributed by atoms with E-state index in [4.69, 9.17) is 0 Å². The van der Waals surface area contributed by atoms with Crippen molar-refractivity contribution in [2.75, 3.05) is 0 Å². The number of aryl methyl sites for hydroxylation is 1. The molecular weight excluding hydrogens is 210 g/mol. The Morgan fingerprint density at radius 2 is 1.94 bits per heavy atom. The molecule has 1 heterocycles. The SMILES string of the molecule is CCCCCc1[nH]c2ccccc2c(=O)c1C. The molecule has 0 aliphatic heterocycles. The topological polar surface area (TPSA) is 32.9 Å². The number of fused-ring (bicyclic) bond motifs is 1. The van der Waals surface area contributed by atoms with Gasteiger partial charge in [0.25, 0.3) is 0 Å². The molecule has 0 saturated carbocycles. The Hall–Kier alpha value is -1.57. The van der Waals surface area contributed by atoms with Gasteiger partial charge in [0.1, 0.15) is 0 Å². The Morgan fingerprint density at radius 3 is 2.71 bits per heavy atom. The summed E-state index contributed by atoms with van der Waals surface area (Å²) in [6.07, 6.45) is 4.54. The van der Waals surface area contributed by atoms with Crippen LogP contribution >= 0.6 is 0 Å². The van der Waals surface area contributed by atoms with Crippen molar-refractivity contribution < 1.29 is 0 Å². The van der Waals surface area contributed by atoms with E-state index < -0.39 is 0 Å². The van der Waals surface area contributed by atoms with E-state index in [9.17, 15) is 4.79 Å². The molecular formula is C15H19NO. The molecule has 2 rings (SSSR count). The van der Waals surface area contributed by atoms with E-state index >= 15 is 0 Å². The molecule has 0 aliphatic rings. The number of aromatic nitrogens is 1. The number of hydrogen-bond acceptors (Lipinski definition) is 1. The molecule has 90 valence electrons. The first-order chi connectivity index (χ1) is 8.24. The lowest BCUT2D eigenvalue weighted by Gasteiger charge is -2.07. The van der Waals surface area contributed by atoms with E-state index in [0.717, 1.165) is 35.0 Å². The van der Waals surface area contributed by atoms with Crippen molar-refractivity contribution in [3.63, 3.8) is 0 Å². The fraction of sp³-hybridized carbons (Fsp3) is 0.400. The summed E-state index contributed by atoms with van der Waals surface area (Å²) < 4.78 is 0. The van der Waals surface area contributed by atoms with Crippen LogP contribution in [0.2, 0.25) is 0 Å². The van der Waals surface area contributed by atoms with Crippen LogP contribution < -0.4 is 5.43 Å². The molecule has 17 heavy (non-hydrogen) atoms. The highest BCUT2D eigenvalue weighted by molar-refractivity contribution is 5.79. The molecule has 0 spiro atoms. The van der Waals surface area contributed by atoms with Gasteiger partial charge in [-0.25, -0.2) is 0 Å². The highest BCUT2D eigenvalue weighted by Crippen LogP contribution is 2.13. The minimum atomic E-state index is 0.172. The molecule has 2 heteroatoms. The summed E-state index contributed by atoms with van der Waals surface area (Å²) >= 11 is 0. The molecule has 0 unspecified atom stereocenters. The lowest BCUT2D eigenvalue weighted by molar-refractivity contribution is 0.706. The van der Waals surface area contributed by atoms with Crippen molar-refractivity contribution >= 4 is 10.9 Å². The summed E-state index contributed by atoms with van der Waals surface area (Å²) in [5.74, 6) is 0. The van der Waals surface area contributed by atoms with Crippen molar-refractivity contribution in [1.82, 2.24) is 4.98 Å². The highest BCUT2D eigenvalue weighted by atomic mass is 16.1. The Labute approximate surface area is 102 Å². The molecule has 1 aromatic heterocycles. The quantitative estimate of drug-likeness (QED) is 0.799. The van der Waals surface area contributed by atoms with Crippen molar-refractivity contribution in [3.05, 3.63) is 45.7 Å². The van der Waals surface area contributed by atoms with E-state index in [1.807, 2.05) is 31.2 Å². The van der Waals surface area contributed by atoms with Crippen LogP contribution in [0.25, 0.3) is 10.9 Å².